The van der Waals surface area contributed by atoms with Crippen molar-refractivity contribution >= 4 is 10.8 Å². The average Bonchev–Trinajstić information content (AvgIpc) is 2.48. The molecule has 0 fully saturated rings. The number of benzene rings is 2. The third-order valence-electron chi connectivity index (χ3n) is 4.88. The lowest BCUT2D eigenvalue weighted by Crippen LogP contribution is -2.13. The summed E-state index contributed by atoms with van der Waals surface area (Å²) in [4.78, 5) is 0. The van der Waals surface area contributed by atoms with Crippen LogP contribution in [0.1, 0.15) is 47.9 Å². The van der Waals surface area contributed by atoms with Gasteiger partial charge in [-0.3, -0.25) is 0 Å². The van der Waals surface area contributed by atoms with E-state index in [4.69, 9.17) is 0 Å². The standard InChI is InChI=1S/C18H20/c1-2-8-14-13(7-1)15-9-3-4-11-17(15)18-12-6-5-10-16(14)18/h1-2,7-8H,3-6,9-12H2. The van der Waals surface area contributed by atoms with Crippen molar-refractivity contribution in [2.24, 2.45) is 0 Å². The van der Waals surface area contributed by atoms with Crippen molar-refractivity contribution in [3.05, 3.63) is 46.5 Å². The van der Waals surface area contributed by atoms with E-state index in [0.717, 1.165) is 0 Å². The maximum absolute atomic E-state index is 2.36. The zero-order valence-corrected chi connectivity index (χ0v) is 11.0. The van der Waals surface area contributed by atoms with Gasteiger partial charge < -0.3 is 0 Å². The summed E-state index contributed by atoms with van der Waals surface area (Å²) in [6.45, 7) is 0. The molecular weight excluding hydrogens is 216 g/mol. The van der Waals surface area contributed by atoms with E-state index in [1.165, 1.54) is 51.4 Å². The molecule has 2 aromatic rings. The first-order chi connectivity index (χ1) is 8.95. The zero-order chi connectivity index (χ0) is 11.9. The Hall–Kier alpha value is -1.30. The van der Waals surface area contributed by atoms with Crippen molar-refractivity contribution in [2.75, 3.05) is 0 Å². The molecule has 0 heteroatoms. The normalized spacial score (nSPS) is 18.4. The quantitative estimate of drug-likeness (QED) is 0.627. The zero-order valence-electron chi connectivity index (χ0n) is 11.0. The van der Waals surface area contributed by atoms with Crippen LogP contribution in [0.4, 0.5) is 0 Å². The molecule has 0 nitrogen and oxygen atoms in total. The van der Waals surface area contributed by atoms with Crippen LogP contribution in [0.25, 0.3) is 10.8 Å². The van der Waals surface area contributed by atoms with Crippen LogP contribution in [0, 0.1) is 0 Å². The van der Waals surface area contributed by atoms with Crippen LogP contribution in [-0.2, 0) is 25.7 Å². The molecule has 0 heterocycles. The number of hydrogen-bond acceptors (Lipinski definition) is 0. The molecular formula is C18H20. The van der Waals surface area contributed by atoms with Gasteiger partial charge in [0.05, 0.1) is 0 Å². The molecule has 0 saturated heterocycles. The Labute approximate surface area is 109 Å². The smallest absolute Gasteiger partial charge is 0.0146 e. The summed E-state index contributed by atoms with van der Waals surface area (Å²) < 4.78 is 0. The Kier molecular flexibility index (Phi) is 2.43. The highest BCUT2D eigenvalue weighted by Gasteiger charge is 2.22. The molecule has 0 saturated carbocycles. The van der Waals surface area contributed by atoms with E-state index in [2.05, 4.69) is 24.3 Å². The first kappa shape index (κ1) is 10.6. The molecule has 0 amide bonds. The summed E-state index contributed by atoms with van der Waals surface area (Å²) in [5, 5.41) is 3.13. The molecule has 0 aliphatic heterocycles. The van der Waals surface area contributed by atoms with Crippen molar-refractivity contribution in [3.63, 3.8) is 0 Å². The summed E-state index contributed by atoms with van der Waals surface area (Å²) in [5.74, 6) is 0. The SMILES string of the molecule is c1ccc2c3c(c4c(c2c1)CCCC4)CCCC3. The Balaban J connectivity index is 2.12. The second-order valence-electron chi connectivity index (χ2n) is 5.87. The largest absolute Gasteiger partial charge is 0.0616 e. The van der Waals surface area contributed by atoms with Gasteiger partial charge in [-0.15, -0.1) is 0 Å². The van der Waals surface area contributed by atoms with Gasteiger partial charge in [0.15, 0.2) is 0 Å². The van der Waals surface area contributed by atoms with E-state index in [1.807, 2.05) is 0 Å². The summed E-state index contributed by atoms with van der Waals surface area (Å²) in [5.41, 5.74) is 6.87. The fraction of sp³-hybridized carbons (Fsp3) is 0.444. The first-order valence-electron chi connectivity index (χ1n) is 7.49. The highest BCUT2D eigenvalue weighted by molar-refractivity contribution is 5.91. The van der Waals surface area contributed by atoms with Crippen molar-refractivity contribution in [3.8, 4) is 0 Å². The van der Waals surface area contributed by atoms with Gasteiger partial charge in [0.1, 0.15) is 0 Å². The number of aryl methyl sites for hydroxylation is 2. The van der Waals surface area contributed by atoms with Crippen LogP contribution >= 0.6 is 0 Å². The average molecular weight is 236 g/mol. The van der Waals surface area contributed by atoms with Crippen LogP contribution in [0.5, 0.6) is 0 Å². The van der Waals surface area contributed by atoms with E-state index in [9.17, 15) is 0 Å². The fourth-order valence-electron chi connectivity index (χ4n) is 4.08. The van der Waals surface area contributed by atoms with Crippen LogP contribution in [0.15, 0.2) is 24.3 Å². The number of rotatable bonds is 0. The molecule has 18 heavy (non-hydrogen) atoms. The molecule has 0 bridgehead atoms. The third-order valence-corrected chi connectivity index (χ3v) is 4.88. The van der Waals surface area contributed by atoms with Crippen LogP contribution in [0.3, 0.4) is 0 Å². The lowest BCUT2D eigenvalue weighted by molar-refractivity contribution is 0.647. The van der Waals surface area contributed by atoms with Crippen LogP contribution < -0.4 is 0 Å². The maximum atomic E-state index is 2.36. The molecule has 2 aromatic carbocycles. The van der Waals surface area contributed by atoms with E-state index in [-0.39, 0.29) is 0 Å². The predicted octanol–water partition coefficient (Wildman–Crippen LogP) is 4.60. The molecule has 2 aliphatic rings. The minimum Gasteiger partial charge on any atom is -0.0616 e. The Bertz CT molecular complexity index is 552. The molecule has 0 unspecified atom stereocenters. The van der Waals surface area contributed by atoms with E-state index in [1.54, 1.807) is 33.0 Å². The van der Waals surface area contributed by atoms with Gasteiger partial charge in [-0.25, -0.2) is 0 Å². The number of fused-ring (bicyclic) bond motifs is 6. The van der Waals surface area contributed by atoms with Crippen molar-refractivity contribution in [1.82, 2.24) is 0 Å². The molecule has 0 aromatic heterocycles. The second-order valence-corrected chi connectivity index (χ2v) is 5.87. The molecule has 0 N–H and O–H groups in total. The Morgan fingerprint density at radius 1 is 0.500 bits per heavy atom. The summed E-state index contributed by atoms with van der Waals surface area (Å²) in [6, 6.07) is 9.14. The van der Waals surface area contributed by atoms with Gasteiger partial charge in [0.25, 0.3) is 0 Å². The maximum Gasteiger partial charge on any atom is -0.0146 e. The lowest BCUT2D eigenvalue weighted by atomic mass is 9.77. The molecule has 0 spiro atoms. The first-order valence-corrected chi connectivity index (χ1v) is 7.49. The lowest BCUT2D eigenvalue weighted by Gasteiger charge is -2.28. The molecule has 2 aliphatic carbocycles. The fourth-order valence-corrected chi connectivity index (χ4v) is 4.08. The van der Waals surface area contributed by atoms with E-state index in [0.29, 0.717) is 0 Å². The predicted molar refractivity (Wildman–Crippen MR) is 77.2 cm³/mol. The molecule has 0 atom stereocenters. The monoisotopic (exact) mass is 236 g/mol. The van der Waals surface area contributed by atoms with Crippen LogP contribution in [0.2, 0.25) is 0 Å². The summed E-state index contributed by atoms with van der Waals surface area (Å²) in [7, 11) is 0. The minimum atomic E-state index is 1.31. The van der Waals surface area contributed by atoms with Gasteiger partial charge in [0, 0.05) is 0 Å². The van der Waals surface area contributed by atoms with Gasteiger partial charge >= 0.3 is 0 Å². The van der Waals surface area contributed by atoms with Gasteiger partial charge in [0.2, 0.25) is 0 Å². The van der Waals surface area contributed by atoms with Crippen molar-refractivity contribution < 1.29 is 0 Å². The van der Waals surface area contributed by atoms with Crippen LogP contribution in [-0.4, -0.2) is 0 Å². The summed E-state index contributed by atoms with van der Waals surface area (Å²) in [6.07, 6.45) is 10.9. The minimum absolute atomic E-state index is 1.31. The van der Waals surface area contributed by atoms with E-state index < -0.39 is 0 Å². The van der Waals surface area contributed by atoms with Crippen molar-refractivity contribution in [2.45, 2.75) is 51.4 Å². The highest BCUT2D eigenvalue weighted by atomic mass is 14.3. The van der Waals surface area contributed by atoms with Gasteiger partial charge in [-0.2, -0.15) is 0 Å². The number of hydrogen-bond donors (Lipinski definition) is 0. The molecule has 92 valence electrons. The Morgan fingerprint density at radius 3 is 1.33 bits per heavy atom. The Morgan fingerprint density at radius 2 is 0.889 bits per heavy atom. The van der Waals surface area contributed by atoms with E-state index >= 15 is 0 Å². The molecule has 0 radical (unpaired) electrons. The molecule has 4 rings (SSSR count). The third kappa shape index (κ3) is 1.44. The van der Waals surface area contributed by atoms with Gasteiger partial charge in [-0.1, -0.05) is 24.3 Å². The van der Waals surface area contributed by atoms with Gasteiger partial charge in [-0.05, 0) is 84.4 Å². The van der Waals surface area contributed by atoms with Crippen molar-refractivity contribution in [1.29, 1.82) is 0 Å². The second kappa shape index (κ2) is 4.12. The highest BCUT2D eigenvalue weighted by Crippen LogP contribution is 2.38. The summed E-state index contributed by atoms with van der Waals surface area (Å²) >= 11 is 0. The topological polar surface area (TPSA) is 0 Å².